The molecule has 1 atom stereocenters. The number of carbonyl (C=O) groups excluding carboxylic acids is 1. The lowest BCUT2D eigenvalue weighted by atomic mass is 9.97. The molecule has 2 fully saturated rings. The quantitative estimate of drug-likeness (QED) is 0.905. The smallest absolute Gasteiger partial charge is 0.303 e. The lowest BCUT2D eigenvalue weighted by Crippen LogP contribution is -2.44. The van der Waals surface area contributed by atoms with E-state index < -0.39 is 5.97 Å². The molecular weight excluding hydrogens is 294 g/mol. The lowest BCUT2D eigenvalue weighted by Gasteiger charge is -2.35. The minimum atomic E-state index is -0.798. The average Bonchev–Trinajstić information content (AvgIpc) is 3.23. The van der Waals surface area contributed by atoms with E-state index in [1.165, 1.54) is 12.8 Å². The molecule has 1 aliphatic carbocycles. The zero-order chi connectivity index (χ0) is 16.2. The molecule has 23 heavy (non-hydrogen) atoms. The van der Waals surface area contributed by atoms with Crippen LogP contribution in [-0.2, 0) is 4.79 Å². The molecule has 6 heteroatoms. The topological polar surface area (TPSA) is 75.4 Å². The Bertz CT molecular complexity index is 563. The van der Waals surface area contributed by atoms with E-state index >= 15 is 0 Å². The Morgan fingerprint density at radius 3 is 2.65 bits per heavy atom. The molecule has 1 aliphatic heterocycles. The SMILES string of the molecule is O=C(O)CCC1CCCCN1C(=O)c1ccn(C2CCCC2)n1. The van der Waals surface area contributed by atoms with Crippen LogP contribution in [0.2, 0.25) is 0 Å². The van der Waals surface area contributed by atoms with Gasteiger partial charge in [-0.25, -0.2) is 0 Å². The van der Waals surface area contributed by atoms with Gasteiger partial charge in [-0.15, -0.1) is 0 Å². The van der Waals surface area contributed by atoms with Crippen LogP contribution in [0.1, 0.15) is 74.3 Å². The summed E-state index contributed by atoms with van der Waals surface area (Å²) in [5, 5.41) is 13.4. The Kier molecular flexibility index (Phi) is 4.98. The number of rotatable bonds is 5. The summed E-state index contributed by atoms with van der Waals surface area (Å²) in [5.41, 5.74) is 0.499. The van der Waals surface area contributed by atoms with E-state index in [1.807, 2.05) is 21.8 Å². The summed E-state index contributed by atoms with van der Waals surface area (Å²) in [5.74, 6) is -0.842. The second-order valence-electron chi connectivity index (χ2n) is 6.70. The Hall–Kier alpha value is -1.85. The molecule has 0 radical (unpaired) electrons. The maximum atomic E-state index is 12.8. The van der Waals surface area contributed by atoms with Gasteiger partial charge in [0.25, 0.3) is 5.91 Å². The predicted octanol–water partition coefficient (Wildman–Crippen LogP) is 2.86. The number of carboxylic acids is 1. The van der Waals surface area contributed by atoms with E-state index in [2.05, 4.69) is 5.10 Å². The number of amides is 1. The lowest BCUT2D eigenvalue weighted by molar-refractivity contribution is -0.137. The zero-order valence-corrected chi connectivity index (χ0v) is 13.5. The van der Waals surface area contributed by atoms with Gasteiger partial charge in [-0.05, 0) is 44.6 Å². The Balaban J connectivity index is 1.68. The summed E-state index contributed by atoms with van der Waals surface area (Å²) >= 11 is 0. The molecule has 2 heterocycles. The van der Waals surface area contributed by atoms with Crippen molar-refractivity contribution in [3.05, 3.63) is 18.0 Å². The second kappa shape index (κ2) is 7.15. The molecule has 2 aliphatic rings. The number of carbonyl (C=O) groups is 2. The zero-order valence-electron chi connectivity index (χ0n) is 13.5. The van der Waals surface area contributed by atoms with Crippen molar-refractivity contribution >= 4 is 11.9 Å². The van der Waals surface area contributed by atoms with E-state index in [1.54, 1.807) is 0 Å². The molecule has 1 saturated heterocycles. The van der Waals surface area contributed by atoms with Crippen LogP contribution in [0, 0.1) is 0 Å². The Morgan fingerprint density at radius 2 is 1.91 bits per heavy atom. The van der Waals surface area contributed by atoms with Crippen molar-refractivity contribution in [2.24, 2.45) is 0 Å². The third-order valence-electron chi connectivity index (χ3n) is 5.11. The normalized spacial score (nSPS) is 22.4. The summed E-state index contributed by atoms with van der Waals surface area (Å²) in [6.45, 7) is 0.708. The van der Waals surface area contributed by atoms with Gasteiger partial charge in [-0.1, -0.05) is 12.8 Å². The van der Waals surface area contributed by atoms with Crippen molar-refractivity contribution in [1.82, 2.24) is 14.7 Å². The average molecular weight is 319 g/mol. The van der Waals surface area contributed by atoms with Gasteiger partial charge >= 0.3 is 5.97 Å². The molecule has 0 aromatic carbocycles. The molecule has 1 N–H and O–H groups in total. The number of hydrogen-bond acceptors (Lipinski definition) is 3. The van der Waals surface area contributed by atoms with Crippen molar-refractivity contribution in [2.45, 2.75) is 69.9 Å². The van der Waals surface area contributed by atoms with Crippen molar-refractivity contribution in [2.75, 3.05) is 6.54 Å². The van der Waals surface area contributed by atoms with Crippen molar-refractivity contribution in [1.29, 1.82) is 0 Å². The first-order valence-electron chi connectivity index (χ1n) is 8.73. The largest absolute Gasteiger partial charge is 0.481 e. The molecule has 1 aromatic heterocycles. The van der Waals surface area contributed by atoms with Gasteiger partial charge in [0, 0.05) is 25.2 Å². The number of nitrogens with zero attached hydrogens (tertiary/aromatic N) is 3. The van der Waals surface area contributed by atoms with Gasteiger partial charge in [0.05, 0.1) is 6.04 Å². The molecule has 0 spiro atoms. The van der Waals surface area contributed by atoms with Crippen LogP contribution >= 0.6 is 0 Å². The highest BCUT2D eigenvalue weighted by atomic mass is 16.4. The highest BCUT2D eigenvalue weighted by Gasteiger charge is 2.29. The number of aliphatic carboxylic acids is 1. The molecule has 3 rings (SSSR count). The molecule has 0 bridgehead atoms. The van der Waals surface area contributed by atoms with E-state index in [9.17, 15) is 9.59 Å². The van der Waals surface area contributed by atoms with Gasteiger partial charge in [-0.2, -0.15) is 5.10 Å². The fourth-order valence-corrected chi connectivity index (χ4v) is 3.83. The molecule has 1 aromatic rings. The standard InChI is InChI=1S/C17H25N3O3/c21-16(22)9-8-13-5-3-4-11-19(13)17(23)15-10-12-20(18-15)14-6-1-2-7-14/h10,12-14H,1-9,11H2,(H,21,22). The predicted molar refractivity (Wildman–Crippen MR) is 85.3 cm³/mol. The van der Waals surface area contributed by atoms with Crippen LogP contribution in [0.25, 0.3) is 0 Å². The summed E-state index contributed by atoms with van der Waals surface area (Å²) in [6.07, 6.45) is 10.2. The monoisotopic (exact) mass is 319 g/mol. The fourth-order valence-electron chi connectivity index (χ4n) is 3.83. The van der Waals surface area contributed by atoms with Gasteiger partial charge in [0.2, 0.25) is 0 Å². The van der Waals surface area contributed by atoms with Crippen LogP contribution in [0.4, 0.5) is 0 Å². The van der Waals surface area contributed by atoms with Crippen LogP contribution in [-0.4, -0.2) is 44.3 Å². The molecule has 1 amide bonds. The summed E-state index contributed by atoms with van der Waals surface area (Å²) in [6, 6.07) is 2.27. The minimum Gasteiger partial charge on any atom is -0.481 e. The first kappa shape index (κ1) is 16.0. The highest BCUT2D eigenvalue weighted by molar-refractivity contribution is 5.92. The van der Waals surface area contributed by atoms with Gasteiger partial charge in [0.15, 0.2) is 0 Å². The van der Waals surface area contributed by atoms with Crippen molar-refractivity contribution in [3.8, 4) is 0 Å². The Morgan fingerprint density at radius 1 is 1.17 bits per heavy atom. The van der Waals surface area contributed by atoms with Crippen molar-refractivity contribution < 1.29 is 14.7 Å². The van der Waals surface area contributed by atoms with Crippen LogP contribution in [0.15, 0.2) is 12.3 Å². The number of carboxylic acid groups (broad SMARTS) is 1. The summed E-state index contributed by atoms with van der Waals surface area (Å²) in [4.78, 5) is 25.4. The first-order chi connectivity index (χ1) is 11.1. The van der Waals surface area contributed by atoms with Gasteiger partial charge in [-0.3, -0.25) is 14.3 Å². The molecular formula is C17H25N3O3. The molecule has 126 valence electrons. The van der Waals surface area contributed by atoms with Gasteiger partial charge < -0.3 is 10.0 Å². The van der Waals surface area contributed by atoms with Crippen LogP contribution < -0.4 is 0 Å². The summed E-state index contributed by atoms with van der Waals surface area (Å²) < 4.78 is 1.94. The highest BCUT2D eigenvalue weighted by Crippen LogP contribution is 2.29. The third-order valence-corrected chi connectivity index (χ3v) is 5.11. The maximum absolute atomic E-state index is 12.8. The van der Waals surface area contributed by atoms with Crippen LogP contribution in [0.5, 0.6) is 0 Å². The maximum Gasteiger partial charge on any atom is 0.303 e. The molecule has 6 nitrogen and oxygen atoms in total. The van der Waals surface area contributed by atoms with Crippen LogP contribution in [0.3, 0.4) is 0 Å². The fraction of sp³-hybridized carbons (Fsp3) is 0.706. The van der Waals surface area contributed by atoms with E-state index in [0.717, 1.165) is 32.1 Å². The van der Waals surface area contributed by atoms with E-state index in [4.69, 9.17) is 5.11 Å². The van der Waals surface area contributed by atoms with E-state index in [0.29, 0.717) is 24.7 Å². The second-order valence-corrected chi connectivity index (χ2v) is 6.70. The first-order valence-corrected chi connectivity index (χ1v) is 8.73. The Labute approximate surface area is 136 Å². The number of aromatic nitrogens is 2. The summed E-state index contributed by atoms with van der Waals surface area (Å²) in [7, 11) is 0. The van der Waals surface area contributed by atoms with Crippen molar-refractivity contribution in [3.63, 3.8) is 0 Å². The van der Waals surface area contributed by atoms with Gasteiger partial charge in [0.1, 0.15) is 5.69 Å². The minimum absolute atomic E-state index is 0.0315. The molecule has 1 unspecified atom stereocenters. The third kappa shape index (κ3) is 3.74. The number of likely N-dealkylation sites (tertiary alicyclic amines) is 1. The number of hydrogen-bond donors (Lipinski definition) is 1. The number of piperidine rings is 1. The van der Waals surface area contributed by atoms with E-state index in [-0.39, 0.29) is 18.4 Å². The molecule has 1 saturated carbocycles.